The first-order valence-electron chi connectivity index (χ1n) is 5.42. The number of rotatable bonds is 4. The first kappa shape index (κ1) is 12.1. The van der Waals surface area contributed by atoms with E-state index in [-0.39, 0.29) is 0 Å². The van der Waals surface area contributed by atoms with E-state index in [0.29, 0.717) is 6.54 Å². The molecule has 0 saturated heterocycles. The molecule has 2 aromatic rings. The SMILES string of the molecule is NCc1ccccc1CNc1ccc(Br)cn1. The van der Waals surface area contributed by atoms with Crippen LogP contribution in [-0.2, 0) is 13.1 Å². The molecule has 0 bridgehead atoms. The predicted octanol–water partition coefficient (Wildman–Crippen LogP) is 2.91. The van der Waals surface area contributed by atoms with Gasteiger partial charge in [-0.15, -0.1) is 0 Å². The lowest BCUT2D eigenvalue weighted by Crippen LogP contribution is -2.06. The van der Waals surface area contributed by atoms with E-state index in [2.05, 4.69) is 32.3 Å². The van der Waals surface area contributed by atoms with Crippen LogP contribution in [0.5, 0.6) is 0 Å². The van der Waals surface area contributed by atoms with Gasteiger partial charge in [-0.1, -0.05) is 24.3 Å². The molecule has 0 fully saturated rings. The van der Waals surface area contributed by atoms with Crippen molar-refractivity contribution in [1.29, 1.82) is 0 Å². The van der Waals surface area contributed by atoms with E-state index in [1.165, 1.54) is 5.56 Å². The molecule has 0 aliphatic heterocycles. The highest BCUT2D eigenvalue weighted by molar-refractivity contribution is 9.10. The molecule has 0 unspecified atom stereocenters. The lowest BCUT2D eigenvalue weighted by Gasteiger charge is -2.09. The number of anilines is 1. The molecule has 0 atom stereocenters. The Hall–Kier alpha value is -1.39. The number of pyridine rings is 1. The smallest absolute Gasteiger partial charge is 0.126 e. The second-order valence-corrected chi connectivity index (χ2v) is 4.60. The molecular weight excluding hydrogens is 278 g/mol. The van der Waals surface area contributed by atoms with Crippen molar-refractivity contribution in [1.82, 2.24) is 4.98 Å². The number of benzene rings is 1. The Morgan fingerprint density at radius 1 is 1.12 bits per heavy atom. The van der Waals surface area contributed by atoms with Crippen LogP contribution in [0.4, 0.5) is 5.82 Å². The van der Waals surface area contributed by atoms with E-state index >= 15 is 0 Å². The summed E-state index contributed by atoms with van der Waals surface area (Å²) in [5.74, 6) is 0.861. The van der Waals surface area contributed by atoms with Gasteiger partial charge in [-0.2, -0.15) is 0 Å². The molecule has 0 amide bonds. The van der Waals surface area contributed by atoms with Crippen LogP contribution in [0.1, 0.15) is 11.1 Å². The van der Waals surface area contributed by atoms with Gasteiger partial charge in [0.2, 0.25) is 0 Å². The van der Waals surface area contributed by atoms with Gasteiger partial charge in [0.15, 0.2) is 0 Å². The van der Waals surface area contributed by atoms with E-state index in [1.807, 2.05) is 30.3 Å². The van der Waals surface area contributed by atoms with Crippen LogP contribution in [0, 0.1) is 0 Å². The van der Waals surface area contributed by atoms with Crippen LogP contribution in [0.25, 0.3) is 0 Å². The third kappa shape index (κ3) is 3.28. The van der Waals surface area contributed by atoms with Gasteiger partial charge in [0.1, 0.15) is 5.82 Å². The van der Waals surface area contributed by atoms with E-state index in [1.54, 1.807) is 6.20 Å². The van der Waals surface area contributed by atoms with Crippen molar-refractivity contribution in [2.45, 2.75) is 13.1 Å². The van der Waals surface area contributed by atoms with Gasteiger partial charge in [0, 0.05) is 23.8 Å². The zero-order chi connectivity index (χ0) is 12.1. The fourth-order valence-electron chi connectivity index (χ4n) is 1.60. The molecule has 3 nitrogen and oxygen atoms in total. The average Bonchev–Trinajstić information content (AvgIpc) is 2.38. The summed E-state index contributed by atoms with van der Waals surface area (Å²) >= 11 is 3.36. The molecular formula is C13H14BrN3. The molecule has 0 aliphatic rings. The third-order valence-electron chi connectivity index (χ3n) is 2.53. The Bertz CT molecular complexity index is 482. The summed E-state index contributed by atoms with van der Waals surface area (Å²) in [6.07, 6.45) is 1.77. The van der Waals surface area contributed by atoms with Crippen LogP contribution in [0.2, 0.25) is 0 Å². The minimum atomic E-state index is 0.561. The summed E-state index contributed by atoms with van der Waals surface area (Å²) in [7, 11) is 0. The van der Waals surface area contributed by atoms with Crippen molar-refractivity contribution in [3.05, 3.63) is 58.2 Å². The third-order valence-corrected chi connectivity index (χ3v) is 2.99. The molecule has 88 valence electrons. The largest absolute Gasteiger partial charge is 0.366 e. The monoisotopic (exact) mass is 291 g/mol. The highest BCUT2D eigenvalue weighted by atomic mass is 79.9. The van der Waals surface area contributed by atoms with Crippen LogP contribution < -0.4 is 11.1 Å². The number of hydrogen-bond acceptors (Lipinski definition) is 3. The normalized spacial score (nSPS) is 10.2. The fraction of sp³-hybridized carbons (Fsp3) is 0.154. The number of nitrogens with one attached hydrogen (secondary N) is 1. The number of nitrogens with zero attached hydrogens (tertiary/aromatic N) is 1. The molecule has 2 rings (SSSR count). The minimum Gasteiger partial charge on any atom is -0.366 e. The minimum absolute atomic E-state index is 0.561. The summed E-state index contributed by atoms with van der Waals surface area (Å²) in [4.78, 5) is 4.26. The number of halogens is 1. The second kappa shape index (κ2) is 5.80. The van der Waals surface area contributed by atoms with E-state index in [4.69, 9.17) is 5.73 Å². The zero-order valence-electron chi connectivity index (χ0n) is 9.36. The van der Waals surface area contributed by atoms with Crippen molar-refractivity contribution in [2.24, 2.45) is 5.73 Å². The highest BCUT2D eigenvalue weighted by Crippen LogP contribution is 2.13. The van der Waals surface area contributed by atoms with E-state index in [0.717, 1.165) is 22.4 Å². The van der Waals surface area contributed by atoms with Gasteiger partial charge in [0.05, 0.1) is 0 Å². The Kier molecular flexibility index (Phi) is 4.12. The molecule has 1 heterocycles. The summed E-state index contributed by atoms with van der Waals surface area (Å²) < 4.78 is 0.977. The topological polar surface area (TPSA) is 50.9 Å². The molecule has 0 aliphatic carbocycles. The fourth-order valence-corrected chi connectivity index (χ4v) is 1.83. The Morgan fingerprint density at radius 2 is 1.88 bits per heavy atom. The van der Waals surface area contributed by atoms with Gasteiger partial charge in [-0.3, -0.25) is 0 Å². The molecule has 0 radical (unpaired) electrons. The molecule has 1 aromatic carbocycles. The Morgan fingerprint density at radius 3 is 2.53 bits per heavy atom. The maximum atomic E-state index is 5.69. The van der Waals surface area contributed by atoms with Crippen LogP contribution >= 0.6 is 15.9 Å². The second-order valence-electron chi connectivity index (χ2n) is 3.69. The standard InChI is InChI=1S/C13H14BrN3/c14-12-5-6-13(17-9-12)16-8-11-4-2-1-3-10(11)7-15/h1-6,9H,7-8,15H2,(H,16,17). The van der Waals surface area contributed by atoms with Crippen LogP contribution in [0.3, 0.4) is 0 Å². The maximum absolute atomic E-state index is 5.69. The van der Waals surface area contributed by atoms with E-state index < -0.39 is 0 Å². The predicted molar refractivity (Wildman–Crippen MR) is 73.6 cm³/mol. The van der Waals surface area contributed by atoms with Gasteiger partial charge >= 0.3 is 0 Å². The lowest BCUT2D eigenvalue weighted by atomic mass is 10.1. The van der Waals surface area contributed by atoms with Gasteiger partial charge in [0.25, 0.3) is 0 Å². The molecule has 4 heteroatoms. The van der Waals surface area contributed by atoms with Crippen LogP contribution in [-0.4, -0.2) is 4.98 Å². The molecule has 1 aromatic heterocycles. The molecule has 17 heavy (non-hydrogen) atoms. The average molecular weight is 292 g/mol. The molecule has 3 N–H and O–H groups in total. The maximum Gasteiger partial charge on any atom is 0.126 e. The van der Waals surface area contributed by atoms with Crippen molar-refractivity contribution >= 4 is 21.7 Å². The lowest BCUT2D eigenvalue weighted by molar-refractivity contribution is 1.00. The first-order valence-corrected chi connectivity index (χ1v) is 6.21. The summed E-state index contributed by atoms with van der Waals surface area (Å²) in [5, 5.41) is 3.28. The van der Waals surface area contributed by atoms with Gasteiger partial charge < -0.3 is 11.1 Å². The van der Waals surface area contributed by atoms with Crippen molar-refractivity contribution in [3.8, 4) is 0 Å². The summed E-state index contributed by atoms with van der Waals surface area (Å²) in [6, 6.07) is 12.0. The quantitative estimate of drug-likeness (QED) is 0.911. The number of nitrogens with two attached hydrogens (primary N) is 1. The van der Waals surface area contributed by atoms with Gasteiger partial charge in [-0.05, 0) is 39.2 Å². The van der Waals surface area contributed by atoms with Crippen molar-refractivity contribution in [3.63, 3.8) is 0 Å². The highest BCUT2D eigenvalue weighted by Gasteiger charge is 2.00. The Labute approximate surface area is 109 Å². The zero-order valence-corrected chi connectivity index (χ0v) is 10.9. The Balaban J connectivity index is 2.04. The van der Waals surface area contributed by atoms with Crippen LogP contribution in [0.15, 0.2) is 47.1 Å². The molecule has 0 spiro atoms. The number of hydrogen-bond donors (Lipinski definition) is 2. The summed E-state index contributed by atoms with van der Waals surface area (Å²) in [6.45, 7) is 1.30. The van der Waals surface area contributed by atoms with Crippen molar-refractivity contribution in [2.75, 3.05) is 5.32 Å². The van der Waals surface area contributed by atoms with Gasteiger partial charge in [-0.25, -0.2) is 4.98 Å². The first-order chi connectivity index (χ1) is 8.29. The molecule has 0 saturated carbocycles. The summed E-state index contributed by atoms with van der Waals surface area (Å²) in [5.41, 5.74) is 8.06. The van der Waals surface area contributed by atoms with Crippen molar-refractivity contribution < 1.29 is 0 Å². The van der Waals surface area contributed by atoms with E-state index in [9.17, 15) is 0 Å². The number of aromatic nitrogens is 1.